The number of nitrogens with zero attached hydrogens (tertiary/aromatic N) is 1. The monoisotopic (exact) mass is 380 g/mol. The maximum absolute atomic E-state index is 13.3. The second-order valence-corrected chi connectivity index (χ2v) is 7.33. The van der Waals surface area contributed by atoms with E-state index in [9.17, 15) is 9.59 Å². The summed E-state index contributed by atoms with van der Waals surface area (Å²) in [5.74, 6) is -0.0946. The van der Waals surface area contributed by atoms with Crippen LogP contribution >= 0.6 is 0 Å². The van der Waals surface area contributed by atoms with E-state index in [-0.39, 0.29) is 11.8 Å². The van der Waals surface area contributed by atoms with Gasteiger partial charge in [0.2, 0.25) is 11.8 Å². The highest BCUT2D eigenvalue weighted by atomic mass is 16.2. The quantitative estimate of drug-likeness (QED) is 0.709. The predicted molar refractivity (Wildman–Crippen MR) is 114 cm³/mol. The van der Waals surface area contributed by atoms with E-state index in [1.165, 1.54) is 0 Å². The minimum atomic E-state index is -0.469. The van der Waals surface area contributed by atoms with Crippen LogP contribution in [0.1, 0.15) is 48.9 Å². The molecule has 0 aliphatic carbocycles. The van der Waals surface area contributed by atoms with Gasteiger partial charge in [0, 0.05) is 13.1 Å². The molecule has 1 N–H and O–H groups in total. The average molecular weight is 381 g/mol. The Kier molecular flexibility index (Phi) is 8.24. The van der Waals surface area contributed by atoms with Gasteiger partial charge in [0.25, 0.3) is 0 Å². The fourth-order valence-electron chi connectivity index (χ4n) is 3.35. The number of benzene rings is 2. The second kappa shape index (κ2) is 10.6. The standard InChI is InChI=1S/C24H32N2O2/c1-5-14-25-24(28)22(6-2)26(17-21-13-8-7-11-19(21)4)23(27)16-20-12-9-10-18(3)15-20/h7-13,15,22H,5-6,14,16-17H2,1-4H3,(H,25,28)/t22-/m1/s1. The summed E-state index contributed by atoms with van der Waals surface area (Å²) < 4.78 is 0. The van der Waals surface area contributed by atoms with Gasteiger partial charge in [0.15, 0.2) is 0 Å². The van der Waals surface area contributed by atoms with Crippen molar-refractivity contribution in [1.82, 2.24) is 10.2 Å². The number of nitrogens with one attached hydrogen (secondary N) is 1. The minimum absolute atomic E-state index is 0.0210. The molecule has 4 heteroatoms. The zero-order valence-electron chi connectivity index (χ0n) is 17.5. The van der Waals surface area contributed by atoms with Gasteiger partial charge < -0.3 is 10.2 Å². The van der Waals surface area contributed by atoms with Gasteiger partial charge >= 0.3 is 0 Å². The van der Waals surface area contributed by atoms with Crippen LogP contribution < -0.4 is 5.32 Å². The zero-order valence-corrected chi connectivity index (χ0v) is 17.5. The Morgan fingerprint density at radius 2 is 1.79 bits per heavy atom. The van der Waals surface area contributed by atoms with Crippen molar-refractivity contribution < 1.29 is 9.59 Å². The van der Waals surface area contributed by atoms with E-state index in [2.05, 4.69) is 5.32 Å². The molecule has 0 fully saturated rings. The van der Waals surface area contributed by atoms with Gasteiger partial charge in [0.05, 0.1) is 6.42 Å². The first-order valence-corrected chi connectivity index (χ1v) is 10.1. The lowest BCUT2D eigenvalue weighted by atomic mass is 10.0. The van der Waals surface area contributed by atoms with E-state index in [1.54, 1.807) is 4.90 Å². The highest BCUT2D eigenvalue weighted by Gasteiger charge is 2.28. The van der Waals surface area contributed by atoms with Gasteiger partial charge in [-0.3, -0.25) is 9.59 Å². The number of carbonyl (C=O) groups is 2. The molecule has 2 aromatic carbocycles. The first kappa shape index (κ1) is 21.7. The molecule has 0 aliphatic heterocycles. The Morgan fingerprint density at radius 3 is 2.43 bits per heavy atom. The van der Waals surface area contributed by atoms with Crippen molar-refractivity contribution in [2.24, 2.45) is 0 Å². The molecular formula is C24H32N2O2. The maximum Gasteiger partial charge on any atom is 0.242 e. The fourth-order valence-corrected chi connectivity index (χ4v) is 3.35. The zero-order chi connectivity index (χ0) is 20.5. The van der Waals surface area contributed by atoms with Crippen LogP contribution in [-0.2, 0) is 22.6 Å². The highest BCUT2D eigenvalue weighted by Crippen LogP contribution is 2.17. The topological polar surface area (TPSA) is 49.4 Å². The summed E-state index contributed by atoms with van der Waals surface area (Å²) >= 11 is 0. The van der Waals surface area contributed by atoms with Crippen LogP contribution in [0.25, 0.3) is 0 Å². The predicted octanol–water partition coefficient (Wildman–Crippen LogP) is 4.18. The van der Waals surface area contributed by atoms with E-state index in [0.717, 1.165) is 28.7 Å². The molecule has 28 heavy (non-hydrogen) atoms. The highest BCUT2D eigenvalue weighted by molar-refractivity contribution is 5.88. The number of carbonyl (C=O) groups excluding carboxylic acids is 2. The van der Waals surface area contributed by atoms with E-state index >= 15 is 0 Å². The molecule has 0 heterocycles. The Labute approximate surface area is 169 Å². The lowest BCUT2D eigenvalue weighted by molar-refractivity contribution is -0.140. The number of aryl methyl sites for hydroxylation is 2. The Hall–Kier alpha value is -2.62. The molecule has 0 aromatic heterocycles. The Bertz CT molecular complexity index is 801. The molecule has 0 spiro atoms. The number of amides is 2. The lowest BCUT2D eigenvalue weighted by Gasteiger charge is -2.31. The number of hydrogen-bond donors (Lipinski definition) is 1. The Morgan fingerprint density at radius 1 is 1.04 bits per heavy atom. The number of rotatable bonds is 9. The molecule has 2 rings (SSSR count). The van der Waals surface area contributed by atoms with E-state index in [4.69, 9.17) is 0 Å². The first-order valence-electron chi connectivity index (χ1n) is 10.1. The lowest BCUT2D eigenvalue weighted by Crippen LogP contribution is -2.49. The van der Waals surface area contributed by atoms with Crippen molar-refractivity contribution in [2.75, 3.05) is 6.54 Å². The molecule has 0 aliphatic rings. The van der Waals surface area contributed by atoms with Crippen molar-refractivity contribution in [3.63, 3.8) is 0 Å². The largest absolute Gasteiger partial charge is 0.354 e. The van der Waals surface area contributed by atoms with Crippen LogP contribution in [0.2, 0.25) is 0 Å². The smallest absolute Gasteiger partial charge is 0.242 e. The molecule has 2 aromatic rings. The minimum Gasteiger partial charge on any atom is -0.354 e. The summed E-state index contributed by atoms with van der Waals surface area (Å²) in [4.78, 5) is 27.8. The first-order chi connectivity index (χ1) is 13.5. The molecular weight excluding hydrogens is 348 g/mol. The van der Waals surface area contributed by atoms with Crippen LogP contribution in [0.15, 0.2) is 48.5 Å². The summed E-state index contributed by atoms with van der Waals surface area (Å²) in [6.07, 6.45) is 1.75. The third-order valence-corrected chi connectivity index (χ3v) is 4.97. The summed E-state index contributed by atoms with van der Waals surface area (Å²) in [6, 6.07) is 15.5. The normalized spacial score (nSPS) is 11.7. The van der Waals surface area contributed by atoms with Crippen LogP contribution in [-0.4, -0.2) is 29.3 Å². The van der Waals surface area contributed by atoms with Gasteiger partial charge in [-0.15, -0.1) is 0 Å². The molecule has 0 saturated carbocycles. The second-order valence-electron chi connectivity index (χ2n) is 7.33. The van der Waals surface area contributed by atoms with E-state index in [1.807, 2.05) is 76.2 Å². The molecule has 150 valence electrons. The average Bonchev–Trinajstić information content (AvgIpc) is 2.67. The summed E-state index contributed by atoms with van der Waals surface area (Å²) in [6.45, 7) is 9.11. The van der Waals surface area contributed by atoms with Crippen LogP contribution in [0.4, 0.5) is 0 Å². The van der Waals surface area contributed by atoms with Crippen molar-refractivity contribution in [3.05, 3.63) is 70.8 Å². The SMILES string of the molecule is CCCNC(=O)[C@@H](CC)N(Cc1ccccc1C)C(=O)Cc1cccc(C)c1. The summed E-state index contributed by atoms with van der Waals surface area (Å²) in [5, 5.41) is 2.96. The molecule has 4 nitrogen and oxygen atoms in total. The van der Waals surface area contributed by atoms with Crippen molar-refractivity contribution in [1.29, 1.82) is 0 Å². The van der Waals surface area contributed by atoms with Crippen molar-refractivity contribution in [2.45, 2.75) is 59.5 Å². The molecule has 0 bridgehead atoms. The molecule has 0 saturated heterocycles. The van der Waals surface area contributed by atoms with Crippen LogP contribution in [0.3, 0.4) is 0 Å². The van der Waals surface area contributed by atoms with E-state index < -0.39 is 6.04 Å². The third kappa shape index (κ3) is 5.95. The summed E-state index contributed by atoms with van der Waals surface area (Å²) in [7, 11) is 0. The van der Waals surface area contributed by atoms with Crippen molar-refractivity contribution in [3.8, 4) is 0 Å². The van der Waals surface area contributed by atoms with Gasteiger partial charge in [-0.25, -0.2) is 0 Å². The molecule has 1 atom stereocenters. The Balaban J connectivity index is 2.29. The molecule has 2 amide bonds. The van der Waals surface area contributed by atoms with Crippen LogP contribution in [0.5, 0.6) is 0 Å². The van der Waals surface area contributed by atoms with Crippen LogP contribution in [0, 0.1) is 13.8 Å². The molecule has 0 unspecified atom stereocenters. The van der Waals surface area contributed by atoms with Gasteiger partial charge in [-0.05, 0) is 43.4 Å². The maximum atomic E-state index is 13.3. The summed E-state index contributed by atoms with van der Waals surface area (Å²) in [5.41, 5.74) is 4.30. The molecule has 0 radical (unpaired) electrons. The third-order valence-electron chi connectivity index (χ3n) is 4.97. The fraction of sp³-hybridized carbons (Fsp3) is 0.417. The van der Waals surface area contributed by atoms with Crippen molar-refractivity contribution >= 4 is 11.8 Å². The van der Waals surface area contributed by atoms with Gasteiger partial charge in [0.1, 0.15) is 6.04 Å². The van der Waals surface area contributed by atoms with Gasteiger partial charge in [-0.1, -0.05) is 67.9 Å². The number of hydrogen-bond acceptors (Lipinski definition) is 2. The van der Waals surface area contributed by atoms with Gasteiger partial charge in [-0.2, -0.15) is 0 Å². The van der Waals surface area contributed by atoms with E-state index in [0.29, 0.717) is 25.9 Å².